The smallest absolute Gasteiger partial charge is 0.264 e. The Labute approximate surface area is 174 Å². The molecule has 1 amide bonds. The van der Waals surface area contributed by atoms with Crippen molar-refractivity contribution >= 4 is 27.3 Å². The molecule has 0 fully saturated rings. The minimum atomic E-state index is -4.09. The van der Waals surface area contributed by atoms with Crippen LogP contribution in [0.25, 0.3) is 0 Å². The quantitative estimate of drug-likeness (QED) is 0.586. The summed E-state index contributed by atoms with van der Waals surface area (Å²) in [6.07, 6.45) is 4.14. The van der Waals surface area contributed by atoms with Crippen molar-refractivity contribution in [3.05, 3.63) is 67.3 Å². The molecule has 10 heteroatoms. The van der Waals surface area contributed by atoms with Gasteiger partial charge in [-0.3, -0.25) is 9.10 Å². The zero-order valence-corrected chi connectivity index (χ0v) is 17.2. The number of sulfonamides is 1. The molecule has 0 atom stereocenters. The lowest BCUT2D eigenvalue weighted by molar-refractivity contribution is -0.114. The van der Waals surface area contributed by atoms with E-state index in [1.807, 2.05) is 0 Å². The number of hydrogen-bond donors (Lipinski definition) is 1. The van der Waals surface area contributed by atoms with E-state index in [2.05, 4.69) is 15.3 Å². The van der Waals surface area contributed by atoms with Crippen molar-refractivity contribution in [3.63, 3.8) is 0 Å². The highest BCUT2D eigenvalue weighted by Gasteiger charge is 2.30. The Balaban J connectivity index is 2.04. The zero-order valence-electron chi connectivity index (χ0n) is 16.3. The maximum Gasteiger partial charge on any atom is 0.264 e. The van der Waals surface area contributed by atoms with Crippen LogP contribution < -0.4 is 19.1 Å². The van der Waals surface area contributed by atoms with Crippen LogP contribution in [0.3, 0.4) is 0 Å². The molecule has 3 aromatic rings. The lowest BCUT2D eigenvalue weighted by Crippen LogP contribution is -2.38. The third-order valence-corrected chi connectivity index (χ3v) is 5.89. The van der Waals surface area contributed by atoms with Gasteiger partial charge in [0.15, 0.2) is 0 Å². The number of carbonyl (C=O) groups is 1. The van der Waals surface area contributed by atoms with Gasteiger partial charge >= 0.3 is 0 Å². The van der Waals surface area contributed by atoms with Gasteiger partial charge in [-0.1, -0.05) is 18.2 Å². The molecule has 0 bridgehead atoms. The summed E-state index contributed by atoms with van der Waals surface area (Å²) < 4.78 is 38.4. The van der Waals surface area contributed by atoms with Crippen LogP contribution in [0, 0.1) is 0 Å². The number of anilines is 2. The number of nitrogens with one attached hydrogen (secondary N) is 1. The number of benzene rings is 2. The fourth-order valence-electron chi connectivity index (χ4n) is 2.71. The van der Waals surface area contributed by atoms with E-state index in [0.717, 1.165) is 4.31 Å². The second-order valence-electron chi connectivity index (χ2n) is 6.04. The SMILES string of the molecule is COc1ccc(OC)c(N(CC(=O)Nc2cncnc2)S(=O)(=O)c2ccccc2)c1. The molecule has 1 aromatic heterocycles. The van der Waals surface area contributed by atoms with Gasteiger partial charge in [-0.05, 0) is 24.3 Å². The first-order valence-corrected chi connectivity index (χ1v) is 10.2. The largest absolute Gasteiger partial charge is 0.497 e. The predicted octanol–water partition coefficient (Wildman–Crippen LogP) is 2.33. The van der Waals surface area contributed by atoms with E-state index in [4.69, 9.17) is 9.47 Å². The van der Waals surface area contributed by atoms with Crippen molar-refractivity contribution < 1.29 is 22.7 Å². The van der Waals surface area contributed by atoms with Crippen molar-refractivity contribution in [2.75, 3.05) is 30.4 Å². The van der Waals surface area contributed by atoms with Crippen LogP contribution in [-0.2, 0) is 14.8 Å². The fourth-order valence-corrected chi connectivity index (χ4v) is 4.15. The third kappa shape index (κ3) is 4.66. The third-order valence-electron chi connectivity index (χ3n) is 4.12. The standard InChI is InChI=1S/C20H20N4O5S/c1-28-16-8-9-19(29-2)18(10-16)24(30(26,27)17-6-4-3-5-7-17)13-20(25)23-15-11-21-14-22-12-15/h3-12,14H,13H2,1-2H3,(H,23,25). The first-order chi connectivity index (χ1) is 14.5. The average molecular weight is 428 g/mol. The summed E-state index contributed by atoms with van der Waals surface area (Å²) in [5, 5.41) is 2.59. The summed E-state index contributed by atoms with van der Waals surface area (Å²) in [6, 6.07) is 12.5. The summed E-state index contributed by atoms with van der Waals surface area (Å²) >= 11 is 0. The number of amides is 1. The number of methoxy groups -OCH3 is 2. The van der Waals surface area contributed by atoms with Gasteiger partial charge in [0, 0.05) is 6.07 Å². The molecule has 2 aromatic carbocycles. The Bertz CT molecular complexity index is 1110. The van der Waals surface area contributed by atoms with Gasteiger partial charge in [-0.25, -0.2) is 18.4 Å². The maximum absolute atomic E-state index is 13.4. The molecular formula is C20H20N4O5S. The van der Waals surface area contributed by atoms with Gasteiger partial charge in [-0.15, -0.1) is 0 Å². The van der Waals surface area contributed by atoms with E-state index in [1.165, 1.54) is 51.1 Å². The van der Waals surface area contributed by atoms with Gasteiger partial charge in [-0.2, -0.15) is 0 Å². The summed E-state index contributed by atoms with van der Waals surface area (Å²) in [4.78, 5) is 20.4. The van der Waals surface area contributed by atoms with Crippen LogP contribution >= 0.6 is 0 Å². The van der Waals surface area contributed by atoms with Crippen LogP contribution in [0.5, 0.6) is 11.5 Å². The van der Waals surface area contributed by atoms with Gasteiger partial charge < -0.3 is 14.8 Å². The van der Waals surface area contributed by atoms with Gasteiger partial charge in [0.05, 0.1) is 42.9 Å². The topological polar surface area (TPSA) is 111 Å². The van der Waals surface area contributed by atoms with Crippen molar-refractivity contribution in [2.45, 2.75) is 4.90 Å². The van der Waals surface area contributed by atoms with Crippen molar-refractivity contribution in [2.24, 2.45) is 0 Å². The normalized spacial score (nSPS) is 10.9. The number of aromatic nitrogens is 2. The molecule has 30 heavy (non-hydrogen) atoms. The van der Waals surface area contributed by atoms with E-state index >= 15 is 0 Å². The Kier molecular flexibility index (Phi) is 6.48. The van der Waals surface area contributed by atoms with E-state index in [0.29, 0.717) is 11.4 Å². The van der Waals surface area contributed by atoms with Gasteiger partial charge in [0.25, 0.3) is 10.0 Å². The molecule has 0 radical (unpaired) electrons. The molecule has 0 aliphatic rings. The van der Waals surface area contributed by atoms with Crippen molar-refractivity contribution in [1.82, 2.24) is 9.97 Å². The molecule has 156 valence electrons. The van der Waals surface area contributed by atoms with Crippen LogP contribution in [-0.4, -0.2) is 45.1 Å². The molecular weight excluding hydrogens is 408 g/mol. The number of carbonyl (C=O) groups excluding carboxylic acids is 1. The molecule has 1 heterocycles. The summed E-state index contributed by atoms with van der Waals surface area (Å²) in [5.74, 6) is 0.108. The van der Waals surface area contributed by atoms with Crippen molar-refractivity contribution in [3.8, 4) is 11.5 Å². The number of ether oxygens (including phenoxy) is 2. The van der Waals surface area contributed by atoms with Gasteiger partial charge in [0.1, 0.15) is 24.4 Å². The van der Waals surface area contributed by atoms with Crippen LogP contribution in [0.1, 0.15) is 0 Å². The fraction of sp³-hybridized carbons (Fsp3) is 0.150. The van der Waals surface area contributed by atoms with Crippen LogP contribution in [0.15, 0.2) is 72.1 Å². The highest BCUT2D eigenvalue weighted by Crippen LogP contribution is 2.35. The van der Waals surface area contributed by atoms with E-state index in [9.17, 15) is 13.2 Å². The Morgan fingerprint density at radius 2 is 1.73 bits per heavy atom. The molecule has 1 N–H and O–H groups in total. The highest BCUT2D eigenvalue weighted by molar-refractivity contribution is 7.92. The average Bonchev–Trinajstić information content (AvgIpc) is 2.78. The minimum Gasteiger partial charge on any atom is -0.497 e. The van der Waals surface area contributed by atoms with E-state index < -0.39 is 22.5 Å². The van der Waals surface area contributed by atoms with Crippen LogP contribution in [0.4, 0.5) is 11.4 Å². The van der Waals surface area contributed by atoms with Crippen molar-refractivity contribution in [1.29, 1.82) is 0 Å². The Hall–Kier alpha value is -3.66. The second-order valence-corrected chi connectivity index (χ2v) is 7.90. The zero-order chi connectivity index (χ0) is 21.6. The molecule has 0 aliphatic carbocycles. The second kappa shape index (κ2) is 9.23. The summed E-state index contributed by atoms with van der Waals surface area (Å²) in [5.41, 5.74) is 0.511. The molecule has 0 aliphatic heterocycles. The van der Waals surface area contributed by atoms with Crippen LogP contribution in [0.2, 0.25) is 0 Å². The molecule has 0 spiro atoms. The number of nitrogens with zero attached hydrogens (tertiary/aromatic N) is 3. The summed E-state index contributed by atoms with van der Waals surface area (Å²) in [7, 11) is -1.21. The molecule has 0 saturated heterocycles. The number of rotatable bonds is 8. The maximum atomic E-state index is 13.4. The Morgan fingerprint density at radius 1 is 1.03 bits per heavy atom. The minimum absolute atomic E-state index is 0.0331. The number of hydrogen-bond acceptors (Lipinski definition) is 7. The van der Waals surface area contributed by atoms with E-state index in [-0.39, 0.29) is 16.3 Å². The first kappa shape index (κ1) is 21.1. The Morgan fingerprint density at radius 3 is 2.37 bits per heavy atom. The van der Waals surface area contributed by atoms with Gasteiger partial charge in [0.2, 0.25) is 5.91 Å². The lowest BCUT2D eigenvalue weighted by atomic mass is 10.2. The monoisotopic (exact) mass is 428 g/mol. The highest BCUT2D eigenvalue weighted by atomic mass is 32.2. The molecule has 0 unspecified atom stereocenters. The molecule has 0 saturated carbocycles. The molecule has 9 nitrogen and oxygen atoms in total. The van der Waals surface area contributed by atoms with E-state index in [1.54, 1.807) is 30.3 Å². The molecule has 3 rings (SSSR count). The predicted molar refractivity (Wildman–Crippen MR) is 111 cm³/mol. The summed E-state index contributed by atoms with van der Waals surface area (Å²) in [6.45, 7) is -0.504. The lowest BCUT2D eigenvalue weighted by Gasteiger charge is -2.26. The first-order valence-electron chi connectivity index (χ1n) is 8.80.